The molecule has 2 atom stereocenters. The predicted octanol–water partition coefficient (Wildman–Crippen LogP) is -0.469. The first-order valence-electron chi connectivity index (χ1n) is 14.8. The molecule has 18 heteroatoms. The highest BCUT2D eigenvalue weighted by Crippen LogP contribution is 2.38. The predicted molar refractivity (Wildman–Crippen MR) is 167 cm³/mol. The number of nitrogens with zero attached hydrogens (tertiary/aromatic N) is 5. The van der Waals surface area contributed by atoms with Crippen LogP contribution in [0.1, 0.15) is 25.0 Å². The second kappa shape index (κ2) is 13.1. The number of rotatable bonds is 9. The summed E-state index contributed by atoms with van der Waals surface area (Å²) >= 11 is 1.02. The normalized spacial score (nSPS) is 19.9. The average molecular weight is 691 g/mol. The summed E-state index contributed by atoms with van der Waals surface area (Å²) in [6.07, 6.45) is 5.38. The molecule has 3 aliphatic rings. The Morgan fingerprint density at radius 3 is 2.61 bits per heavy atom. The number of carboxylic acids is 1. The summed E-state index contributed by atoms with van der Waals surface area (Å²) in [7, 11) is 0. The highest BCUT2D eigenvalue weighted by Gasteiger charge is 2.52. The molecule has 3 aromatic rings. The number of aromatic hydroxyl groups is 1. The minimum atomic E-state index is -1.61. The summed E-state index contributed by atoms with van der Waals surface area (Å²) in [4.78, 5) is 70.3. The first-order chi connectivity index (χ1) is 23.4. The number of β-lactam (4-membered cyclic amide) rings is 1. The third-order valence-corrected chi connectivity index (χ3v) is 8.92. The lowest BCUT2D eigenvalue weighted by Gasteiger charge is -2.51. The number of pyridine rings is 1. The molecule has 16 nitrogen and oxygen atoms in total. The van der Waals surface area contributed by atoms with E-state index in [1.54, 1.807) is 29.1 Å². The molecule has 0 unspecified atom stereocenters. The van der Waals surface area contributed by atoms with Crippen LogP contribution in [0.25, 0.3) is 0 Å². The van der Waals surface area contributed by atoms with E-state index in [2.05, 4.69) is 20.8 Å². The first-order valence-corrected chi connectivity index (χ1v) is 15.6. The van der Waals surface area contributed by atoms with Crippen molar-refractivity contribution in [1.29, 1.82) is 0 Å². The molecule has 3 aliphatic heterocycles. The molecule has 2 saturated heterocycles. The Labute approximate surface area is 280 Å². The number of amides is 4. The van der Waals surface area contributed by atoms with E-state index in [-0.39, 0.29) is 53.1 Å². The Bertz CT molecular complexity index is 1990. The number of carboxylic acid groups (broad SMARTS) is 1. The number of thiazole rings is 1. The van der Waals surface area contributed by atoms with E-state index in [1.165, 1.54) is 22.4 Å². The quantitative estimate of drug-likeness (QED) is 0.0368. The van der Waals surface area contributed by atoms with Crippen molar-refractivity contribution in [2.24, 2.45) is 5.16 Å². The Morgan fingerprint density at radius 1 is 1.20 bits per heavy atom. The fourth-order valence-electron chi connectivity index (χ4n) is 5.93. The van der Waals surface area contributed by atoms with E-state index in [0.717, 1.165) is 28.4 Å². The van der Waals surface area contributed by atoms with Gasteiger partial charge in [-0.05, 0) is 43.0 Å². The number of phenolic OH excluding ortho intramolecular Hbond substituents is 1. The molecule has 1 aromatic carbocycles. The molecule has 5 heterocycles. The molecular weight excluding hydrogens is 663 g/mol. The van der Waals surface area contributed by atoms with Crippen molar-refractivity contribution in [2.75, 3.05) is 22.5 Å². The van der Waals surface area contributed by atoms with E-state index < -0.39 is 53.1 Å². The van der Waals surface area contributed by atoms with E-state index in [1.807, 2.05) is 0 Å². The number of allylic oxidation sites excluding steroid dienone is 2. The number of benzene rings is 1. The SMILES string of the molecule is Nc1nc(/C(=N/O)C(=O)N[C@@H]2C(=O)N3C(C(=O)[O-])=C(/C=C4\CCN(c5cc[n+](CC(=O)Nc6ccc(O)c(F)c6)cc5)C4=O)CC[C@H]23)cs1. The number of nitrogens with two attached hydrogens (primary N) is 1. The Morgan fingerprint density at radius 2 is 1.96 bits per heavy atom. The zero-order chi connectivity index (χ0) is 35.0. The molecule has 0 spiro atoms. The van der Waals surface area contributed by atoms with Crippen molar-refractivity contribution in [1.82, 2.24) is 15.2 Å². The molecule has 4 amide bonds. The maximum atomic E-state index is 13.6. The number of anilines is 3. The number of carbonyl (C=O) groups is 5. The van der Waals surface area contributed by atoms with Gasteiger partial charge in [0.15, 0.2) is 34.8 Å². The van der Waals surface area contributed by atoms with Gasteiger partial charge in [0.2, 0.25) is 6.54 Å². The number of aliphatic carboxylic acids is 1. The summed E-state index contributed by atoms with van der Waals surface area (Å²) in [6.45, 7) is 0.189. The number of nitrogens with one attached hydrogen (secondary N) is 2. The van der Waals surface area contributed by atoms with Gasteiger partial charge in [-0.2, -0.15) is 4.57 Å². The van der Waals surface area contributed by atoms with Crippen molar-refractivity contribution in [2.45, 2.75) is 37.9 Å². The van der Waals surface area contributed by atoms with Crippen molar-refractivity contribution in [3.8, 4) is 5.75 Å². The third kappa shape index (κ3) is 6.40. The van der Waals surface area contributed by atoms with Crippen molar-refractivity contribution in [3.05, 3.63) is 82.5 Å². The fourth-order valence-corrected chi connectivity index (χ4v) is 6.48. The maximum absolute atomic E-state index is 13.6. The third-order valence-electron chi connectivity index (χ3n) is 8.25. The first kappa shape index (κ1) is 32.8. The summed E-state index contributed by atoms with van der Waals surface area (Å²) in [6, 6.07) is 4.95. The molecule has 49 heavy (non-hydrogen) atoms. The second-order valence-corrected chi connectivity index (χ2v) is 12.2. The molecule has 6 rings (SSSR count). The number of hydrogen-bond acceptors (Lipinski definition) is 12. The molecule has 0 aliphatic carbocycles. The fraction of sp³-hybridized carbons (Fsp3) is 0.226. The standard InChI is InChI=1S/C31H27FN8O8S/c32-19-12-17(2-4-22(19)41)34-23(42)13-38-8-6-18(7-9-38)39-10-5-16(28(39)44)11-15-1-3-21-25(29(45)40(21)26(15)30(46)47)36-27(43)24(37-48)20-14-49-31(33)35-20/h2,4,6-9,11-12,14,21,25H,1,3,5,10,13H2,(H6-,33,34,35,36,37,41,42,43,46,47,48)/b16-11+/t21-,25+/m1/s1. The number of hydrogen-bond donors (Lipinski definition) is 5. The monoisotopic (exact) mass is 690 g/mol. The minimum absolute atomic E-state index is 0.0113. The van der Waals surface area contributed by atoms with Crippen LogP contribution in [0.2, 0.25) is 0 Å². The van der Waals surface area contributed by atoms with Gasteiger partial charge < -0.3 is 46.4 Å². The van der Waals surface area contributed by atoms with Gasteiger partial charge in [0, 0.05) is 41.4 Å². The molecule has 0 radical (unpaired) electrons. The number of nitrogen functional groups attached to an aromatic ring is 1. The smallest absolute Gasteiger partial charge is 0.290 e. The van der Waals surface area contributed by atoms with Gasteiger partial charge in [-0.25, -0.2) is 9.37 Å². The van der Waals surface area contributed by atoms with E-state index in [0.29, 0.717) is 24.2 Å². The van der Waals surface area contributed by atoms with Crippen LogP contribution in [0.15, 0.2) is 76.2 Å². The highest BCUT2D eigenvalue weighted by atomic mass is 32.1. The second-order valence-electron chi connectivity index (χ2n) is 11.3. The summed E-state index contributed by atoms with van der Waals surface area (Å²) < 4.78 is 15.1. The number of carbonyl (C=O) groups excluding carboxylic acids is 5. The van der Waals surface area contributed by atoms with E-state index in [9.17, 15) is 43.8 Å². The van der Waals surface area contributed by atoms with Gasteiger partial charge in [-0.15, -0.1) is 11.3 Å². The number of aromatic nitrogens is 2. The molecular formula is C31H27FN8O8S. The van der Waals surface area contributed by atoms with Crippen LogP contribution >= 0.6 is 11.3 Å². The Balaban J connectivity index is 1.11. The number of fused-ring (bicyclic) bond motifs is 1. The largest absolute Gasteiger partial charge is 0.543 e. The molecule has 6 N–H and O–H groups in total. The number of oxime groups is 1. The van der Waals surface area contributed by atoms with Gasteiger partial charge in [0.1, 0.15) is 11.7 Å². The summed E-state index contributed by atoms with van der Waals surface area (Å²) in [5, 5.41) is 40.4. The van der Waals surface area contributed by atoms with Crippen LogP contribution in [-0.2, 0) is 30.5 Å². The van der Waals surface area contributed by atoms with E-state index >= 15 is 0 Å². The van der Waals surface area contributed by atoms with E-state index in [4.69, 9.17) is 5.73 Å². The van der Waals surface area contributed by atoms with Crippen LogP contribution in [0.5, 0.6) is 5.75 Å². The zero-order valence-corrected chi connectivity index (χ0v) is 26.1. The van der Waals surface area contributed by atoms with Gasteiger partial charge in [-0.1, -0.05) is 5.16 Å². The summed E-state index contributed by atoms with van der Waals surface area (Å²) in [5.74, 6) is -5.43. The minimum Gasteiger partial charge on any atom is -0.543 e. The van der Waals surface area contributed by atoms with Crippen LogP contribution in [-0.4, -0.2) is 74.1 Å². The van der Waals surface area contributed by atoms with Crippen molar-refractivity contribution in [3.63, 3.8) is 0 Å². The van der Waals surface area contributed by atoms with Crippen molar-refractivity contribution < 1.29 is 48.4 Å². The Kier molecular flexibility index (Phi) is 8.79. The molecule has 0 bridgehead atoms. The average Bonchev–Trinajstić information content (AvgIpc) is 3.66. The molecule has 2 fully saturated rings. The number of halogens is 1. The zero-order valence-electron chi connectivity index (χ0n) is 25.3. The van der Waals surface area contributed by atoms with Gasteiger partial charge >= 0.3 is 0 Å². The molecule has 2 aromatic heterocycles. The summed E-state index contributed by atoms with van der Waals surface area (Å²) in [5.41, 5.74) is 6.03. The van der Waals surface area contributed by atoms with Crippen LogP contribution in [0.3, 0.4) is 0 Å². The van der Waals surface area contributed by atoms with Gasteiger partial charge in [-0.3, -0.25) is 19.2 Å². The van der Waals surface area contributed by atoms with Crippen LogP contribution in [0, 0.1) is 5.82 Å². The molecule has 252 valence electrons. The van der Waals surface area contributed by atoms with Crippen LogP contribution < -0.4 is 30.9 Å². The highest BCUT2D eigenvalue weighted by molar-refractivity contribution is 7.13. The lowest BCUT2D eigenvalue weighted by atomic mass is 9.82. The van der Waals surface area contributed by atoms with Crippen molar-refractivity contribution >= 4 is 63.2 Å². The number of phenols is 1. The topological polar surface area (TPSA) is 235 Å². The lowest BCUT2D eigenvalue weighted by molar-refractivity contribution is -0.684. The lowest BCUT2D eigenvalue weighted by Crippen LogP contribution is -2.72. The van der Waals surface area contributed by atoms with Gasteiger partial charge in [0.05, 0.1) is 23.4 Å². The van der Waals surface area contributed by atoms with Crippen LogP contribution in [0.4, 0.5) is 20.9 Å². The maximum Gasteiger partial charge on any atom is 0.290 e. The Hall–Kier alpha value is -6.17. The molecule has 0 saturated carbocycles. The van der Waals surface area contributed by atoms with Gasteiger partial charge in [0.25, 0.3) is 23.6 Å².